The first-order valence-electron chi connectivity index (χ1n) is 13.3. The summed E-state index contributed by atoms with van der Waals surface area (Å²) in [5.41, 5.74) is 0.338. The Morgan fingerprint density at radius 3 is 2.42 bits per heavy atom. The Labute approximate surface area is 263 Å². The van der Waals surface area contributed by atoms with Crippen molar-refractivity contribution < 1.29 is 44.1 Å². The van der Waals surface area contributed by atoms with Crippen LogP contribution in [0.3, 0.4) is 0 Å². The molecule has 2 aromatic rings. The molecule has 4 rings (SSSR count). The van der Waals surface area contributed by atoms with Crippen molar-refractivity contribution in [1.29, 1.82) is 0 Å². The fourth-order valence-corrected chi connectivity index (χ4v) is 6.59. The van der Waals surface area contributed by atoms with Crippen molar-refractivity contribution in [1.82, 2.24) is 46.0 Å². The van der Waals surface area contributed by atoms with Crippen LogP contribution >= 0.6 is 23.5 Å². The van der Waals surface area contributed by atoms with Gasteiger partial charge in [0.15, 0.2) is 6.04 Å². The molecule has 240 valence electrons. The van der Waals surface area contributed by atoms with Gasteiger partial charge >= 0.3 is 29.8 Å². The molecule has 3 atom stereocenters. The van der Waals surface area contributed by atoms with Gasteiger partial charge in [0.25, 0.3) is 0 Å². The highest BCUT2D eigenvalue weighted by Gasteiger charge is 2.40. The molecule has 1 aromatic heterocycles. The Hall–Kier alpha value is -4.85. The molecule has 45 heavy (non-hydrogen) atoms. The van der Waals surface area contributed by atoms with E-state index < -0.39 is 53.1 Å². The second-order valence-electron chi connectivity index (χ2n) is 9.67. The summed E-state index contributed by atoms with van der Waals surface area (Å²) in [5.74, 6) is -5.66. The fraction of sp³-hybridized carbons (Fsp3) is 0.400. The van der Waals surface area contributed by atoms with E-state index in [-0.39, 0.29) is 48.1 Å². The molecule has 2 aliphatic heterocycles. The number of aliphatic carboxylic acids is 2. The minimum absolute atomic E-state index is 0.0889. The van der Waals surface area contributed by atoms with Crippen LogP contribution in [-0.2, 0) is 31.0 Å². The molecule has 0 radical (unpaired) electrons. The van der Waals surface area contributed by atoms with Crippen LogP contribution in [-0.4, -0.2) is 124 Å². The van der Waals surface area contributed by atoms with Gasteiger partial charge in [-0.2, -0.15) is 0 Å². The van der Waals surface area contributed by atoms with Crippen molar-refractivity contribution in [2.75, 3.05) is 31.1 Å². The zero-order chi connectivity index (χ0) is 32.8. The number of urea groups is 1. The molecule has 20 heteroatoms. The second kappa shape index (κ2) is 14.3. The number of imide groups is 1. The van der Waals surface area contributed by atoms with E-state index in [2.05, 4.69) is 31.5 Å². The maximum absolute atomic E-state index is 13.6. The molecule has 0 bridgehead atoms. The molecule has 5 amide bonds. The number of hydrogen-bond donors (Lipinski definition) is 6. The van der Waals surface area contributed by atoms with Crippen molar-refractivity contribution in [2.45, 2.75) is 29.5 Å². The third-order valence-electron chi connectivity index (χ3n) is 6.81. The molecule has 6 N–H and O–H groups in total. The summed E-state index contributed by atoms with van der Waals surface area (Å²) < 4.78 is 1.41. The molecule has 0 spiro atoms. The number of aromatic nitrogens is 4. The Morgan fingerprint density at radius 1 is 1.11 bits per heavy atom. The van der Waals surface area contributed by atoms with Crippen LogP contribution in [0.1, 0.15) is 18.5 Å². The van der Waals surface area contributed by atoms with Gasteiger partial charge in [-0.1, -0.05) is 23.9 Å². The monoisotopic (exact) mass is 663 g/mol. The Morgan fingerprint density at radius 2 is 1.82 bits per heavy atom. The molecule has 2 unspecified atom stereocenters. The number of nitrogens with zero attached hydrogens (tertiary/aromatic N) is 6. The topological polar surface area (TPSA) is 249 Å². The van der Waals surface area contributed by atoms with Gasteiger partial charge in [0.05, 0.1) is 0 Å². The summed E-state index contributed by atoms with van der Waals surface area (Å²) in [6.45, 7) is 1.90. The van der Waals surface area contributed by atoms with Crippen LogP contribution < -0.4 is 16.0 Å². The molecule has 0 saturated carbocycles. The van der Waals surface area contributed by atoms with Crippen molar-refractivity contribution in [3.63, 3.8) is 0 Å². The van der Waals surface area contributed by atoms with E-state index in [0.29, 0.717) is 15.6 Å². The number of aromatic hydroxyl groups is 1. The molecule has 1 fully saturated rings. The van der Waals surface area contributed by atoms with Gasteiger partial charge in [-0.3, -0.25) is 19.3 Å². The van der Waals surface area contributed by atoms with Gasteiger partial charge in [0.1, 0.15) is 22.9 Å². The summed E-state index contributed by atoms with van der Waals surface area (Å²) in [7, 11) is 1.62. The lowest BCUT2D eigenvalue weighted by Crippen LogP contribution is -2.60. The number of carbonyl (C=O) groups is 6. The number of thioether (sulfide) groups is 2. The van der Waals surface area contributed by atoms with E-state index in [4.69, 9.17) is 0 Å². The van der Waals surface area contributed by atoms with E-state index in [1.54, 1.807) is 14.0 Å². The number of benzene rings is 1. The van der Waals surface area contributed by atoms with Crippen LogP contribution in [0.4, 0.5) is 4.79 Å². The first-order chi connectivity index (χ1) is 21.4. The fourth-order valence-electron chi connectivity index (χ4n) is 4.39. The zero-order valence-corrected chi connectivity index (χ0v) is 25.5. The van der Waals surface area contributed by atoms with Crippen LogP contribution in [0, 0.1) is 0 Å². The minimum atomic E-state index is -1.68. The number of aryl methyl sites for hydroxylation is 1. The Bertz CT molecular complexity index is 1530. The number of amides is 5. The van der Waals surface area contributed by atoms with Crippen molar-refractivity contribution in [2.24, 2.45) is 7.05 Å². The van der Waals surface area contributed by atoms with E-state index >= 15 is 0 Å². The number of nitrogens with one attached hydrogen (secondary N) is 3. The molecule has 1 aromatic carbocycles. The Kier molecular flexibility index (Phi) is 10.5. The van der Waals surface area contributed by atoms with Crippen molar-refractivity contribution in [3.8, 4) is 5.75 Å². The number of phenols is 1. The standard InChI is InChI=1S/C25H29N9O9S2/c1-3-33-8-9-34(21(38)20(33)37)24(43)28-15(12-4-6-14(35)7-5-12)18(36)26-17(23(41)42)19-27-16(22(39)40)13(10-44-19)11-45-25-29-30-31-32(25)2/h4-7,15,17,19,27,35H,3,8-11H2,1-2H3,(H,26,36)(H,28,43)(H,39,40)(H,41,42)/t15-,17?,19?/m1/s1. The van der Waals surface area contributed by atoms with Gasteiger partial charge < -0.3 is 36.2 Å². The number of piperazine rings is 1. The molecular formula is C25H29N9O9S2. The van der Waals surface area contributed by atoms with E-state index in [1.807, 2.05) is 0 Å². The number of tetrazole rings is 1. The lowest BCUT2D eigenvalue weighted by atomic mass is 10.1. The summed E-state index contributed by atoms with van der Waals surface area (Å²) in [6, 6.07) is 0.795. The van der Waals surface area contributed by atoms with Crippen LogP contribution in [0.15, 0.2) is 40.7 Å². The van der Waals surface area contributed by atoms with Gasteiger partial charge in [0, 0.05) is 38.2 Å². The number of likely N-dealkylation sites (N-methyl/N-ethyl adjacent to an activating group) is 1. The first-order valence-corrected chi connectivity index (χ1v) is 15.4. The largest absolute Gasteiger partial charge is 0.508 e. The molecule has 3 heterocycles. The predicted molar refractivity (Wildman–Crippen MR) is 156 cm³/mol. The average molecular weight is 664 g/mol. The van der Waals surface area contributed by atoms with E-state index in [0.717, 1.165) is 11.8 Å². The number of hydrogen-bond acceptors (Lipinski definition) is 13. The van der Waals surface area contributed by atoms with Crippen LogP contribution in [0.25, 0.3) is 0 Å². The second-order valence-corrected chi connectivity index (χ2v) is 11.7. The SMILES string of the molecule is CCN1CCN(C(=O)N[C@@H](C(=O)NC(C(=O)O)C2NC(C(=O)O)=C(CSc3nnnn3C)CS2)c2ccc(O)cc2)C(=O)C1=O. The maximum atomic E-state index is 13.6. The lowest BCUT2D eigenvalue weighted by molar-refractivity contribution is -0.153. The average Bonchev–Trinajstić information content (AvgIpc) is 3.43. The van der Waals surface area contributed by atoms with Crippen LogP contribution in [0.5, 0.6) is 5.75 Å². The number of carboxylic acids is 2. The van der Waals surface area contributed by atoms with Crippen molar-refractivity contribution in [3.05, 3.63) is 41.1 Å². The van der Waals surface area contributed by atoms with Crippen molar-refractivity contribution >= 4 is 59.2 Å². The number of carboxylic acid groups (broad SMARTS) is 2. The van der Waals surface area contributed by atoms with Crippen LogP contribution in [0.2, 0.25) is 0 Å². The van der Waals surface area contributed by atoms with Gasteiger partial charge in [-0.25, -0.2) is 19.1 Å². The number of rotatable bonds is 11. The highest BCUT2D eigenvalue weighted by atomic mass is 32.2. The third kappa shape index (κ3) is 7.63. The zero-order valence-electron chi connectivity index (χ0n) is 23.9. The molecule has 1 saturated heterocycles. The van der Waals surface area contributed by atoms with Gasteiger partial charge in [-0.15, -0.1) is 16.9 Å². The molecule has 2 aliphatic rings. The summed E-state index contributed by atoms with van der Waals surface area (Å²) in [4.78, 5) is 77.9. The van der Waals surface area contributed by atoms with E-state index in [1.165, 1.54) is 45.6 Å². The third-order valence-corrected chi connectivity index (χ3v) is 9.17. The molecular weight excluding hydrogens is 634 g/mol. The summed E-state index contributed by atoms with van der Waals surface area (Å²) in [6.07, 6.45) is 0. The van der Waals surface area contributed by atoms with Gasteiger partial charge in [0.2, 0.25) is 11.1 Å². The lowest BCUT2D eigenvalue weighted by Gasteiger charge is -2.34. The summed E-state index contributed by atoms with van der Waals surface area (Å²) >= 11 is 2.23. The molecule has 0 aliphatic carbocycles. The normalized spacial score (nSPS) is 18.2. The number of carbonyl (C=O) groups excluding carboxylic acids is 4. The maximum Gasteiger partial charge on any atom is 0.352 e. The number of phenolic OH excluding ortho intramolecular Hbond substituents is 1. The van der Waals surface area contributed by atoms with E-state index in [9.17, 15) is 44.1 Å². The highest BCUT2D eigenvalue weighted by molar-refractivity contribution is 8.00. The quantitative estimate of drug-likeness (QED) is 0.121. The predicted octanol–water partition coefficient (Wildman–Crippen LogP) is -1.28. The summed E-state index contributed by atoms with van der Waals surface area (Å²) in [5, 5.41) is 47.4. The highest BCUT2D eigenvalue weighted by Crippen LogP contribution is 2.29. The van der Waals surface area contributed by atoms with Gasteiger partial charge in [-0.05, 0) is 40.6 Å². The minimum Gasteiger partial charge on any atom is -0.508 e. The molecule has 18 nitrogen and oxygen atoms in total. The smallest absolute Gasteiger partial charge is 0.352 e. The first kappa shape index (κ1) is 33.1. The Balaban J connectivity index is 1.53.